The summed E-state index contributed by atoms with van der Waals surface area (Å²) >= 11 is 1.25. The number of benzene rings is 2. The number of aliphatic hydroxyl groups is 1. The van der Waals surface area contributed by atoms with E-state index in [1.54, 1.807) is 13.0 Å². The Labute approximate surface area is 162 Å². The highest BCUT2D eigenvalue weighted by molar-refractivity contribution is 7.15. The molecule has 0 unspecified atom stereocenters. The maximum absolute atomic E-state index is 12.8. The Bertz CT molecular complexity index is 966. The molecule has 0 spiro atoms. The Morgan fingerprint density at radius 1 is 1.15 bits per heavy atom. The van der Waals surface area contributed by atoms with Gasteiger partial charge in [-0.3, -0.25) is 4.79 Å². The van der Waals surface area contributed by atoms with E-state index in [4.69, 9.17) is 5.73 Å². The van der Waals surface area contributed by atoms with Crippen molar-refractivity contribution in [3.63, 3.8) is 0 Å². The monoisotopic (exact) mass is 382 g/mol. The van der Waals surface area contributed by atoms with E-state index in [2.05, 4.69) is 15.5 Å². The molecule has 27 heavy (non-hydrogen) atoms. The van der Waals surface area contributed by atoms with E-state index in [1.165, 1.54) is 11.3 Å². The highest BCUT2D eigenvalue weighted by Gasteiger charge is 2.27. The van der Waals surface area contributed by atoms with Crippen LogP contribution < -0.4 is 11.1 Å². The molecule has 3 aromatic rings. The van der Waals surface area contributed by atoms with Gasteiger partial charge < -0.3 is 16.2 Å². The van der Waals surface area contributed by atoms with Crippen LogP contribution in [0.15, 0.2) is 48.5 Å². The van der Waals surface area contributed by atoms with E-state index >= 15 is 0 Å². The number of carbonyl (C=O) groups excluding carboxylic acids is 1. The molecule has 0 aliphatic carbocycles. The van der Waals surface area contributed by atoms with Crippen LogP contribution in [0.4, 0.5) is 5.13 Å². The van der Waals surface area contributed by atoms with Gasteiger partial charge in [-0.25, -0.2) is 0 Å². The number of hydrogen-bond acceptors (Lipinski definition) is 6. The van der Waals surface area contributed by atoms with Crippen LogP contribution in [-0.4, -0.2) is 21.2 Å². The number of carbonyl (C=O) groups is 1. The molecule has 6 nitrogen and oxygen atoms in total. The Balaban J connectivity index is 1.85. The van der Waals surface area contributed by atoms with Crippen LogP contribution in [0.3, 0.4) is 0 Å². The van der Waals surface area contributed by atoms with Crippen LogP contribution in [-0.2, 0) is 5.54 Å². The third-order valence-electron chi connectivity index (χ3n) is 4.23. The van der Waals surface area contributed by atoms with Crippen molar-refractivity contribution in [3.05, 3.63) is 64.7 Å². The number of aliphatic hydroxyl groups excluding tert-OH is 1. The van der Waals surface area contributed by atoms with Crippen molar-refractivity contribution in [1.82, 2.24) is 15.5 Å². The smallest absolute Gasteiger partial charge is 0.252 e. The van der Waals surface area contributed by atoms with Gasteiger partial charge >= 0.3 is 0 Å². The summed E-state index contributed by atoms with van der Waals surface area (Å²) in [5.74, 6) is -0.206. The van der Waals surface area contributed by atoms with Gasteiger partial charge in [0.25, 0.3) is 5.91 Å². The van der Waals surface area contributed by atoms with Crippen molar-refractivity contribution in [1.29, 1.82) is 0 Å². The second-order valence-electron chi connectivity index (χ2n) is 6.91. The number of nitrogens with two attached hydrogens (primary N) is 1. The summed E-state index contributed by atoms with van der Waals surface area (Å²) in [7, 11) is 0. The number of hydrogen-bond donors (Lipinski definition) is 3. The molecule has 0 aliphatic heterocycles. The van der Waals surface area contributed by atoms with Gasteiger partial charge in [0.2, 0.25) is 5.13 Å². The van der Waals surface area contributed by atoms with Crippen LogP contribution >= 0.6 is 11.3 Å². The molecule has 3 rings (SSSR count). The quantitative estimate of drug-likeness (QED) is 0.627. The maximum Gasteiger partial charge on any atom is 0.252 e. The average Bonchev–Trinajstić information content (AvgIpc) is 3.09. The highest BCUT2D eigenvalue weighted by Crippen LogP contribution is 2.27. The standard InChI is InChI=1S/C20H22N4O2S/c1-12(25)13-6-4-7-14(10-13)15-8-5-9-16(11-15)17(26)22-20(2,3)18-23-24-19(21)27-18/h4-12,25H,1-3H3,(H2,21,24)(H,22,26)/t12-/m0/s1. The Kier molecular flexibility index (Phi) is 5.25. The number of nitrogen functional groups attached to an aromatic ring is 1. The normalized spacial score (nSPS) is 12.6. The molecule has 1 atom stereocenters. The lowest BCUT2D eigenvalue weighted by Gasteiger charge is -2.23. The van der Waals surface area contributed by atoms with E-state index in [9.17, 15) is 9.90 Å². The fourth-order valence-electron chi connectivity index (χ4n) is 2.71. The SMILES string of the molecule is C[C@H](O)c1cccc(-c2cccc(C(=O)NC(C)(C)c3nnc(N)s3)c2)c1. The van der Waals surface area contributed by atoms with Crippen molar-refractivity contribution in [2.45, 2.75) is 32.4 Å². The number of nitrogens with one attached hydrogen (secondary N) is 1. The van der Waals surface area contributed by atoms with Gasteiger partial charge in [-0.15, -0.1) is 10.2 Å². The Morgan fingerprint density at radius 2 is 1.81 bits per heavy atom. The molecular weight excluding hydrogens is 360 g/mol. The summed E-state index contributed by atoms with van der Waals surface area (Å²) < 4.78 is 0. The van der Waals surface area contributed by atoms with Gasteiger partial charge in [-0.2, -0.15) is 0 Å². The fourth-order valence-corrected chi connectivity index (χ4v) is 3.38. The minimum Gasteiger partial charge on any atom is -0.389 e. The van der Waals surface area contributed by atoms with Crippen molar-refractivity contribution >= 4 is 22.4 Å². The van der Waals surface area contributed by atoms with Gasteiger partial charge in [0, 0.05) is 5.56 Å². The molecule has 0 radical (unpaired) electrons. The summed E-state index contributed by atoms with van der Waals surface area (Å²) in [4.78, 5) is 12.8. The minimum absolute atomic E-state index is 0.206. The van der Waals surface area contributed by atoms with E-state index in [0.29, 0.717) is 15.7 Å². The van der Waals surface area contributed by atoms with Gasteiger partial charge in [0.1, 0.15) is 5.01 Å². The van der Waals surface area contributed by atoms with Crippen LogP contribution in [0.25, 0.3) is 11.1 Å². The van der Waals surface area contributed by atoms with E-state index < -0.39 is 11.6 Å². The van der Waals surface area contributed by atoms with Crippen LogP contribution in [0.1, 0.15) is 47.8 Å². The van der Waals surface area contributed by atoms with Crippen LogP contribution in [0, 0.1) is 0 Å². The lowest BCUT2D eigenvalue weighted by molar-refractivity contribution is 0.0911. The summed E-state index contributed by atoms with van der Waals surface area (Å²) in [6, 6.07) is 15.0. The topological polar surface area (TPSA) is 101 Å². The third kappa shape index (κ3) is 4.32. The van der Waals surface area contributed by atoms with Crippen molar-refractivity contribution in [3.8, 4) is 11.1 Å². The molecule has 0 saturated heterocycles. The van der Waals surface area contributed by atoms with Gasteiger partial charge in [-0.05, 0) is 55.7 Å². The van der Waals surface area contributed by atoms with E-state index in [1.807, 2.05) is 56.3 Å². The lowest BCUT2D eigenvalue weighted by Crippen LogP contribution is -2.41. The predicted octanol–water partition coefficient (Wildman–Crippen LogP) is 3.51. The number of rotatable bonds is 5. The number of anilines is 1. The lowest BCUT2D eigenvalue weighted by atomic mass is 9.99. The molecule has 7 heteroatoms. The van der Waals surface area contributed by atoms with Crippen molar-refractivity contribution < 1.29 is 9.90 Å². The first-order valence-electron chi connectivity index (χ1n) is 8.57. The van der Waals surface area contributed by atoms with Gasteiger partial charge in [0.05, 0.1) is 11.6 Å². The molecule has 0 aliphatic rings. The predicted molar refractivity (Wildman–Crippen MR) is 107 cm³/mol. The van der Waals surface area contributed by atoms with Gasteiger partial charge in [0.15, 0.2) is 0 Å². The molecule has 2 aromatic carbocycles. The van der Waals surface area contributed by atoms with Crippen LogP contribution in [0.5, 0.6) is 0 Å². The third-order valence-corrected chi connectivity index (χ3v) is 5.30. The zero-order valence-electron chi connectivity index (χ0n) is 15.4. The highest BCUT2D eigenvalue weighted by atomic mass is 32.1. The molecule has 1 aromatic heterocycles. The first-order chi connectivity index (χ1) is 12.8. The number of nitrogens with zero attached hydrogens (tertiary/aromatic N) is 2. The molecule has 1 heterocycles. The number of aromatic nitrogens is 2. The molecule has 0 fully saturated rings. The molecule has 140 valence electrons. The van der Waals surface area contributed by atoms with Crippen molar-refractivity contribution in [2.24, 2.45) is 0 Å². The first-order valence-corrected chi connectivity index (χ1v) is 9.38. The number of amides is 1. The minimum atomic E-state index is -0.686. The summed E-state index contributed by atoms with van der Waals surface area (Å²) in [5, 5.41) is 21.6. The maximum atomic E-state index is 12.8. The summed E-state index contributed by atoms with van der Waals surface area (Å²) in [5.41, 5.74) is 8.19. The molecule has 0 saturated carbocycles. The second kappa shape index (κ2) is 7.46. The Hall–Kier alpha value is -2.77. The Morgan fingerprint density at radius 3 is 2.44 bits per heavy atom. The largest absolute Gasteiger partial charge is 0.389 e. The zero-order chi connectivity index (χ0) is 19.6. The molecule has 1 amide bonds. The molecule has 0 bridgehead atoms. The van der Waals surface area contributed by atoms with E-state index in [-0.39, 0.29) is 5.91 Å². The fraction of sp³-hybridized carbons (Fsp3) is 0.250. The van der Waals surface area contributed by atoms with Crippen LogP contribution in [0.2, 0.25) is 0 Å². The average molecular weight is 382 g/mol. The summed E-state index contributed by atoms with van der Waals surface area (Å²) in [6.07, 6.45) is -0.545. The van der Waals surface area contributed by atoms with Gasteiger partial charge in [-0.1, -0.05) is 41.7 Å². The zero-order valence-corrected chi connectivity index (χ0v) is 16.2. The summed E-state index contributed by atoms with van der Waals surface area (Å²) in [6.45, 7) is 5.45. The second-order valence-corrected chi connectivity index (χ2v) is 7.92. The van der Waals surface area contributed by atoms with E-state index in [0.717, 1.165) is 16.7 Å². The first kappa shape index (κ1) is 19.0. The molecule has 4 N–H and O–H groups in total. The molecular formula is C20H22N4O2S. The van der Waals surface area contributed by atoms with Crippen molar-refractivity contribution in [2.75, 3.05) is 5.73 Å².